The maximum Gasteiger partial charge on any atom is 0.251 e. The second-order valence-electron chi connectivity index (χ2n) is 5.02. The molecular formula is C16H19N3O3S. The maximum absolute atomic E-state index is 11.7. The van der Waals surface area contributed by atoms with Crippen molar-refractivity contribution in [3.05, 3.63) is 45.9 Å². The fourth-order valence-corrected chi connectivity index (χ4v) is 3.08. The molecule has 1 fully saturated rings. The Bertz CT molecular complexity index is 651. The van der Waals surface area contributed by atoms with Gasteiger partial charge in [0.25, 0.3) is 5.91 Å². The Hall–Kier alpha value is -1.96. The summed E-state index contributed by atoms with van der Waals surface area (Å²) in [7, 11) is 0. The van der Waals surface area contributed by atoms with Gasteiger partial charge in [0.1, 0.15) is 5.01 Å². The first-order valence-corrected chi connectivity index (χ1v) is 8.38. The average molecular weight is 333 g/mol. The van der Waals surface area contributed by atoms with E-state index in [1.54, 1.807) is 29.7 Å². The first-order chi connectivity index (χ1) is 11.3. The molecule has 23 heavy (non-hydrogen) atoms. The molecule has 0 aliphatic carbocycles. The summed E-state index contributed by atoms with van der Waals surface area (Å²) in [6, 6.07) is 7.40. The van der Waals surface area contributed by atoms with Crippen molar-refractivity contribution in [2.45, 2.75) is 19.8 Å². The summed E-state index contributed by atoms with van der Waals surface area (Å²) in [6.45, 7) is 4.41. The summed E-state index contributed by atoms with van der Waals surface area (Å²) >= 11 is 1.58. The summed E-state index contributed by atoms with van der Waals surface area (Å²) in [6.07, 6.45) is 1.54. The van der Waals surface area contributed by atoms with E-state index in [4.69, 9.17) is 9.47 Å². The van der Waals surface area contributed by atoms with Crippen molar-refractivity contribution < 1.29 is 14.3 Å². The van der Waals surface area contributed by atoms with Crippen molar-refractivity contribution in [3.63, 3.8) is 0 Å². The normalized spacial score (nSPS) is 14.8. The Morgan fingerprint density at radius 1 is 1.30 bits per heavy atom. The molecule has 6 nitrogen and oxygen atoms in total. The molecule has 0 unspecified atom stereocenters. The third-order valence-corrected chi connectivity index (χ3v) is 4.37. The predicted octanol–water partition coefficient (Wildman–Crippen LogP) is 2.55. The number of amides is 1. The lowest BCUT2D eigenvalue weighted by Crippen LogP contribution is -2.22. The van der Waals surface area contributed by atoms with E-state index in [-0.39, 0.29) is 12.2 Å². The highest BCUT2D eigenvalue weighted by molar-refractivity contribution is 7.11. The first kappa shape index (κ1) is 15.9. The maximum atomic E-state index is 11.7. The van der Waals surface area contributed by atoms with Crippen molar-refractivity contribution in [1.82, 2.24) is 10.3 Å². The summed E-state index contributed by atoms with van der Waals surface area (Å²) < 4.78 is 10.9. The second-order valence-corrected chi connectivity index (χ2v) is 6.17. The summed E-state index contributed by atoms with van der Waals surface area (Å²) in [5.41, 5.74) is 1.60. The van der Waals surface area contributed by atoms with E-state index in [9.17, 15) is 4.79 Å². The molecule has 7 heteroatoms. The number of carbonyl (C=O) groups is 1. The van der Waals surface area contributed by atoms with Gasteiger partial charge in [-0.2, -0.15) is 0 Å². The van der Waals surface area contributed by atoms with Crippen molar-refractivity contribution in [1.29, 1.82) is 0 Å². The minimum absolute atomic E-state index is 0.0554. The van der Waals surface area contributed by atoms with Crippen LogP contribution in [0.4, 0.5) is 5.69 Å². The van der Waals surface area contributed by atoms with Gasteiger partial charge in [-0.25, -0.2) is 4.98 Å². The van der Waals surface area contributed by atoms with Crippen LogP contribution in [0.15, 0.2) is 30.5 Å². The molecule has 1 aliphatic rings. The van der Waals surface area contributed by atoms with Gasteiger partial charge in [0.15, 0.2) is 6.29 Å². The topological polar surface area (TPSA) is 72.5 Å². The van der Waals surface area contributed by atoms with Gasteiger partial charge in [0.05, 0.1) is 24.6 Å². The van der Waals surface area contributed by atoms with Crippen LogP contribution in [0, 0.1) is 0 Å². The van der Waals surface area contributed by atoms with Gasteiger partial charge >= 0.3 is 0 Å². The highest BCUT2D eigenvalue weighted by Gasteiger charge is 2.20. The molecule has 1 aliphatic heterocycles. The van der Waals surface area contributed by atoms with E-state index in [0.29, 0.717) is 31.9 Å². The zero-order valence-corrected chi connectivity index (χ0v) is 13.7. The van der Waals surface area contributed by atoms with Crippen LogP contribution in [0.3, 0.4) is 0 Å². The molecule has 0 bridgehead atoms. The fourth-order valence-electron chi connectivity index (χ4n) is 2.22. The summed E-state index contributed by atoms with van der Waals surface area (Å²) in [4.78, 5) is 17.1. The molecule has 3 rings (SSSR count). The molecule has 1 aromatic carbocycles. The fraction of sp³-hybridized carbons (Fsp3) is 0.375. The largest absolute Gasteiger partial charge is 0.379 e. The van der Waals surface area contributed by atoms with E-state index in [1.165, 1.54) is 0 Å². The minimum atomic E-state index is -0.266. The Morgan fingerprint density at radius 2 is 2.04 bits per heavy atom. The molecule has 122 valence electrons. The molecule has 1 amide bonds. The van der Waals surface area contributed by atoms with Gasteiger partial charge in [0.2, 0.25) is 0 Å². The zero-order valence-electron chi connectivity index (χ0n) is 12.9. The molecule has 0 atom stereocenters. The SMILES string of the molecule is CCNC(=O)c1ccc(NCc2ncc(C3OCCO3)s2)cc1. The summed E-state index contributed by atoms with van der Waals surface area (Å²) in [5, 5.41) is 7.04. The van der Waals surface area contributed by atoms with E-state index in [1.807, 2.05) is 19.1 Å². The van der Waals surface area contributed by atoms with Crippen LogP contribution in [0.2, 0.25) is 0 Å². The number of aromatic nitrogens is 1. The third kappa shape index (κ3) is 4.07. The Balaban J connectivity index is 1.54. The monoisotopic (exact) mass is 333 g/mol. The second kappa shape index (κ2) is 7.54. The lowest BCUT2D eigenvalue weighted by molar-refractivity contribution is -0.0414. The lowest BCUT2D eigenvalue weighted by Gasteiger charge is -2.06. The van der Waals surface area contributed by atoms with Crippen LogP contribution in [0.1, 0.15) is 33.5 Å². The number of anilines is 1. The quantitative estimate of drug-likeness (QED) is 0.850. The first-order valence-electron chi connectivity index (χ1n) is 7.56. The van der Waals surface area contributed by atoms with Gasteiger partial charge in [-0.05, 0) is 31.2 Å². The molecule has 0 radical (unpaired) electrons. The smallest absolute Gasteiger partial charge is 0.251 e. The van der Waals surface area contributed by atoms with E-state index >= 15 is 0 Å². The number of hydrogen-bond acceptors (Lipinski definition) is 6. The Labute approximate surface area is 138 Å². The van der Waals surface area contributed by atoms with Gasteiger partial charge in [-0.15, -0.1) is 11.3 Å². The number of hydrogen-bond donors (Lipinski definition) is 2. The molecule has 1 aromatic heterocycles. The number of carbonyl (C=O) groups excluding carboxylic acids is 1. The Morgan fingerprint density at radius 3 is 2.74 bits per heavy atom. The molecule has 2 heterocycles. The predicted molar refractivity (Wildman–Crippen MR) is 88.5 cm³/mol. The van der Waals surface area contributed by atoms with Crippen molar-refractivity contribution in [2.75, 3.05) is 25.1 Å². The molecule has 2 N–H and O–H groups in total. The van der Waals surface area contributed by atoms with Gasteiger partial charge in [-0.3, -0.25) is 4.79 Å². The number of ether oxygens (including phenoxy) is 2. The standard InChI is InChI=1S/C16H19N3O3S/c1-2-17-15(20)11-3-5-12(6-4-11)18-10-14-19-9-13(23-14)16-21-7-8-22-16/h3-6,9,16,18H,2,7-8,10H2,1H3,(H,17,20). The molecule has 1 saturated heterocycles. The van der Waals surface area contributed by atoms with Crippen molar-refractivity contribution in [3.8, 4) is 0 Å². The van der Waals surface area contributed by atoms with Crippen molar-refractivity contribution >= 4 is 22.9 Å². The van der Waals surface area contributed by atoms with Gasteiger partial charge < -0.3 is 20.1 Å². The number of thiazole rings is 1. The average Bonchev–Trinajstić information content (AvgIpc) is 3.25. The van der Waals surface area contributed by atoms with E-state index in [2.05, 4.69) is 15.6 Å². The molecular weight excluding hydrogens is 314 g/mol. The van der Waals surface area contributed by atoms with Gasteiger partial charge in [-0.1, -0.05) is 0 Å². The number of nitrogens with one attached hydrogen (secondary N) is 2. The van der Waals surface area contributed by atoms with Crippen LogP contribution in [-0.2, 0) is 16.0 Å². The van der Waals surface area contributed by atoms with Gasteiger partial charge in [0, 0.05) is 24.0 Å². The summed E-state index contributed by atoms with van der Waals surface area (Å²) in [5.74, 6) is -0.0554. The van der Waals surface area contributed by atoms with Crippen LogP contribution < -0.4 is 10.6 Å². The molecule has 2 aromatic rings. The Kier molecular flexibility index (Phi) is 5.22. The van der Waals surface area contributed by atoms with Crippen LogP contribution >= 0.6 is 11.3 Å². The van der Waals surface area contributed by atoms with Crippen molar-refractivity contribution in [2.24, 2.45) is 0 Å². The number of rotatable bonds is 6. The van der Waals surface area contributed by atoms with E-state index < -0.39 is 0 Å². The highest BCUT2D eigenvalue weighted by Crippen LogP contribution is 2.28. The lowest BCUT2D eigenvalue weighted by atomic mass is 10.2. The van der Waals surface area contributed by atoms with E-state index in [0.717, 1.165) is 15.6 Å². The third-order valence-electron chi connectivity index (χ3n) is 3.35. The minimum Gasteiger partial charge on any atom is -0.379 e. The van der Waals surface area contributed by atoms with Crippen LogP contribution in [0.25, 0.3) is 0 Å². The molecule has 0 saturated carbocycles. The van der Waals surface area contributed by atoms with Crippen LogP contribution in [0.5, 0.6) is 0 Å². The number of nitrogens with zero attached hydrogens (tertiary/aromatic N) is 1. The highest BCUT2D eigenvalue weighted by atomic mass is 32.1. The zero-order chi connectivity index (χ0) is 16.1. The molecule has 0 spiro atoms. The van der Waals surface area contributed by atoms with Crippen LogP contribution in [-0.4, -0.2) is 30.6 Å². The number of benzene rings is 1.